The molecule has 154 valence electrons. The molecule has 2 nitrogen and oxygen atoms in total. The van der Waals surface area contributed by atoms with Gasteiger partial charge in [0.25, 0.3) is 0 Å². The van der Waals surface area contributed by atoms with Gasteiger partial charge >= 0.3 is 0 Å². The molecule has 1 aliphatic heterocycles. The van der Waals surface area contributed by atoms with Crippen LogP contribution in [0, 0.1) is 0 Å². The first-order valence-electron chi connectivity index (χ1n) is 11.0. The van der Waals surface area contributed by atoms with Crippen molar-refractivity contribution >= 4 is 0 Å². The number of ether oxygens (including phenoxy) is 1. The molecule has 1 aromatic heterocycles. The largest absolute Gasteiger partial charge is 0.479 e. The van der Waals surface area contributed by atoms with Gasteiger partial charge < -0.3 is 9.30 Å². The maximum atomic E-state index is 6.65. The molecule has 1 unspecified atom stereocenters. The van der Waals surface area contributed by atoms with Crippen LogP contribution in [0.25, 0.3) is 22.4 Å². The quantitative estimate of drug-likeness (QED) is 0.300. The monoisotopic (exact) mass is 413 g/mol. The molecular weight excluding hydrogens is 390 g/mol. The van der Waals surface area contributed by atoms with E-state index in [1.807, 2.05) is 6.07 Å². The second-order valence-corrected chi connectivity index (χ2v) is 8.17. The normalized spacial score (nSPS) is 14.3. The predicted molar refractivity (Wildman–Crippen MR) is 130 cm³/mol. The standard InChI is InChI=1S/C30H23NO/c1-4-12-22(13-5-1)21-31-27(23-14-6-2-7-15-23)20-26-25-18-10-11-19-28(25)32-30(29(26)31)24-16-8-3-9-17-24/h1-20,30H,21H2. The van der Waals surface area contributed by atoms with Gasteiger partial charge in [0.2, 0.25) is 0 Å². The van der Waals surface area contributed by atoms with Crippen LogP contribution in [0.15, 0.2) is 121 Å². The number of hydrogen-bond acceptors (Lipinski definition) is 1. The topological polar surface area (TPSA) is 14.2 Å². The number of aromatic nitrogens is 1. The first-order valence-corrected chi connectivity index (χ1v) is 11.0. The fourth-order valence-electron chi connectivity index (χ4n) is 4.68. The van der Waals surface area contributed by atoms with E-state index in [0.29, 0.717) is 0 Å². The van der Waals surface area contributed by atoms with Gasteiger partial charge in [0, 0.05) is 23.4 Å². The molecule has 6 rings (SSSR count). The summed E-state index contributed by atoms with van der Waals surface area (Å²) in [6, 6.07) is 42.6. The molecule has 1 atom stereocenters. The van der Waals surface area contributed by atoms with Gasteiger partial charge in [-0.1, -0.05) is 109 Å². The maximum absolute atomic E-state index is 6.65. The summed E-state index contributed by atoms with van der Waals surface area (Å²) in [5.74, 6) is 0.935. The highest BCUT2D eigenvalue weighted by Crippen LogP contribution is 2.47. The highest BCUT2D eigenvalue weighted by Gasteiger charge is 2.32. The second-order valence-electron chi connectivity index (χ2n) is 8.17. The van der Waals surface area contributed by atoms with Crippen molar-refractivity contribution < 1.29 is 4.74 Å². The van der Waals surface area contributed by atoms with Gasteiger partial charge in [-0.15, -0.1) is 0 Å². The number of nitrogens with zero attached hydrogens (tertiary/aromatic N) is 1. The summed E-state index contributed by atoms with van der Waals surface area (Å²) in [7, 11) is 0. The van der Waals surface area contributed by atoms with Gasteiger partial charge in [-0.2, -0.15) is 0 Å². The van der Waals surface area contributed by atoms with Crippen LogP contribution in [-0.2, 0) is 6.54 Å². The zero-order valence-corrected chi connectivity index (χ0v) is 17.7. The van der Waals surface area contributed by atoms with Crippen molar-refractivity contribution in [3.05, 3.63) is 138 Å². The lowest BCUT2D eigenvalue weighted by molar-refractivity contribution is 0.234. The average molecular weight is 414 g/mol. The van der Waals surface area contributed by atoms with Gasteiger partial charge in [-0.25, -0.2) is 0 Å². The van der Waals surface area contributed by atoms with Crippen LogP contribution < -0.4 is 4.74 Å². The maximum Gasteiger partial charge on any atom is 0.164 e. The molecule has 0 aliphatic carbocycles. The molecule has 0 N–H and O–H groups in total. The van der Waals surface area contributed by atoms with Gasteiger partial charge in [-0.05, 0) is 28.8 Å². The first-order chi connectivity index (χ1) is 15.9. The van der Waals surface area contributed by atoms with Crippen LogP contribution in [-0.4, -0.2) is 4.57 Å². The zero-order chi connectivity index (χ0) is 21.3. The van der Waals surface area contributed by atoms with Crippen molar-refractivity contribution in [3.8, 4) is 28.1 Å². The molecule has 1 aliphatic rings. The lowest BCUT2D eigenvalue weighted by atomic mass is 9.95. The van der Waals surface area contributed by atoms with Gasteiger partial charge in [0.15, 0.2) is 6.10 Å². The van der Waals surface area contributed by atoms with E-state index in [0.717, 1.165) is 23.4 Å². The molecule has 4 aromatic carbocycles. The Labute approximate surface area is 188 Å². The summed E-state index contributed by atoms with van der Waals surface area (Å²) < 4.78 is 9.09. The van der Waals surface area contributed by atoms with E-state index in [9.17, 15) is 0 Å². The van der Waals surface area contributed by atoms with E-state index >= 15 is 0 Å². The van der Waals surface area contributed by atoms with Crippen LogP contribution in [0.3, 0.4) is 0 Å². The summed E-state index contributed by atoms with van der Waals surface area (Å²) in [6.07, 6.45) is -0.165. The first kappa shape index (κ1) is 18.7. The van der Waals surface area contributed by atoms with Crippen LogP contribution in [0.5, 0.6) is 5.75 Å². The van der Waals surface area contributed by atoms with Crippen molar-refractivity contribution in [1.82, 2.24) is 4.57 Å². The van der Waals surface area contributed by atoms with Gasteiger partial charge in [0.05, 0.1) is 5.69 Å². The number of hydrogen-bond donors (Lipinski definition) is 0. The highest BCUT2D eigenvalue weighted by atomic mass is 16.5. The third-order valence-corrected chi connectivity index (χ3v) is 6.16. The zero-order valence-electron chi connectivity index (χ0n) is 17.7. The Morgan fingerprint density at radius 2 is 1.25 bits per heavy atom. The van der Waals surface area contributed by atoms with Crippen molar-refractivity contribution in [2.24, 2.45) is 0 Å². The van der Waals surface area contributed by atoms with E-state index < -0.39 is 0 Å². The fraction of sp³-hybridized carbons (Fsp3) is 0.0667. The van der Waals surface area contributed by atoms with Crippen LogP contribution in [0.2, 0.25) is 0 Å². The Balaban J connectivity index is 1.63. The summed E-state index contributed by atoms with van der Waals surface area (Å²) in [5.41, 5.74) is 8.46. The molecule has 32 heavy (non-hydrogen) atoms. The molecular formula is C30H23NO. The molecule has 0 bridgehead atoms. The molecule has 0 fully saturated rings. The summed E-state index contributed by atoms with van der Waals surface area (Å²) >= 11 is 0. The minimum absolute atomic E-state index is 0.165. The number of benzene rings is 4. The predicted octanol–water partition coefficient (Wildman–Crippen LogP) is 7.35. The van der Waals surface area contributed by atoms with E-state index in [-0.39, 0.29) is 6.10 Å². The Morgan fingerprint density at radius 3 is 2.00 bits per heavy atom. The molecule has 2 heteroatoms. The fourth-order valence-corrected chi connectivity index (χ4v) is 4.68. The Kier molecular flexibility index (Phi) is 4.62. The smallest absolute Gasteiger partial charge is 0.164 e. The number of para-hydroxylation sites is 1. The molecule has 2 heterocycles. The highest BCUT2D eigenvalue weighted by molar-refractivity contribution is 5.81. The third-order valence-electron chi connectivity index (χ3n) is 6.16. The molecule has 0 radical (unpaired) electrons. The summed E-state index contributed by atoms with van der Waals surface area (Å²) in [4.78, 5) is 0. The van der Waals surface area contributed by atoms with E-state index in [1.54, 1.807) is 0 Å². The molecule has 0 saturated carbocycles. The Morgan fingerprint density at radius 1 is 0.625 bits per heavy atom. The minimum atomic E-state index is -0.165. The van der Waals surface area contributed by atoms with Crippen LogP contribution in [0.4, 0.5) is 0 Å². The summed E-state index contributed by atoms with van der Waals surface area (Å²) in [5, 5.41) is 0. The Bertz CT molecular complexity index is 1350. The van der Waals surface area contributed by atoms with E-state index in [2.05, 4.69) is 120 Å². The third kappa shape index (κ3) is 3.21. The van der Waals surface area contributed by atoms with Gasteiger partial charge in [0.1, 0.15) is 5.75 Å². The SMILES string of the molecule is c1ccc(Cn2c(-c3ccccc3)cc3c2C(c2ccccc2)Oc2ccccc2-3)cc1. The minimum Gasteiger partial charge on any atom is -0.479 e. The molecule has 0 amide bonds. The van der Waals surface area contributed by atoms with Crippen molar-refractivity contribution in [3.63, 3.8) is 0 Å². The lowest BCUT2D eigenvalue weighted by Crippen LogP contribution is -2.19. The summed E-state index contributed by atoms with van der Waals surface area (Å²) in [6.45, 7) is 0.787. The van der Waals surface area contributed by atoms with Crippen LogP contribution in [0.1, 0.15) is 22.9 Å². The van der Waals surface area contributed by atoms with Crippen molar-refractivity contribution in [2.45, 2.75) is 12.6 Å². The van der Waals surface area contributed by atoms with Gasteiger partial charge in [-0.3, -0.25) is 0 Å². The lowest BCUT2D eigenvalue weighted by Gasteiger charge is -2.29. The molecule has 0 spiro atoms. The van der Waals surface area contributed by atoms with Crippen LogP contribution >= 0.6 is 0 Å². The number of rotatable bonds is 4. The Hall–Kier alpha value is -4.04. The number of fused-ring (bicyclic) bond motifs is 3. The second kappa shape index (κ2) is 7.90. The molecule has 0 saturated heterocycles. The van der Waals surface area contributed by atoms with E-state index in [1.165, 1.54) is 28.1 Å². The average Bonchev–Trinajstić information content (AvgIpc) is 3.25. The van der Waals surface area contributed by atoms with E-state index in [4.69, 9.17) is 4.74 Å². The van der Waals surface area contributed by atoms with Crippen molar-refractivity contribution in [1.29, 1.82) is 0 Å². The molecule has 5 aromatic rings. The van der Waals surface area contributed by atoms with Crippen molar-refractivity contribution in [2.75, 3.05) is 0 Å².